The molecule has 0 aliphatic carbocycles. The highest BCUT2D eigenvalue weighted by atomic mass is 35.5. The van der Waals surface area contributed by atoms with Gasteiger partial charge in [-0.05, 0) is 24.6 Å². The Morgan fingerprint density at radius 1 is 1.12 bits per heavy atom. The van der Waals surface area contributed by atoms with Crippen molar-refractivity contribution < 1.29 is 14.0 Å². The number of amides is 2. The van der Waals surface area contributed by atoms with Gasteiger partial charge in [0, 0.05) is 31.5 Å². The summed E-state index contributed by atoms with van der Waals surface area (Å²) in [7, 11) is 0. The van der Waals surface area contributed by atoms with Crippen molar-refractivity contribution in [1.82, 2.24) is 20.6 Å². The van der Waals surface area contributed by atoms with Crippen molar-refractivity contribution in [3.05, 3.63) is 59.4 Å². The molecule has 0 fully saturated rings. The van der Waals surface area contributed by atoms with Gasteiger partial charge in [-0.25, -0.2) is 14.4 Å². The van der Waals surface area contributed by atoms with E-state index in [1.54, 1.807) is 19.1 Å². The molecule has 0 saturated heterocycles. The van der Waals surface area contributed by atoms with Crippen LogP contribution in [0.3, 0.4) is 0 Å². The van der Waals surface area contributed by atoms with Crippen LogP contribution in [0.2, 0.25) is 0 Å². The highest BCUT2D eigenvalue weighted by Crippen LogP contribution is 2.05. The van der Waals surface area contributed by atoms with Crippen molar-refractivity contribution in [3.63, 3.8) is 0 Å². The summed E-state index contributed by atoms with van der Waals surface area (Å²) in [6.45, 7) is 2.18. The Morgan fingerprint density at radius 2 is 1.68 bits per heavy atom. The van der Waals surface area contributed by atoms with Crippen molar-refractivity contribution in [2.24, 2.45) is 5.73 Å². The summed E-state index contributed by atoms with van der Waals surface area (Å²) >= 11 is 0. The molecule has 25 heavy (non-hydrogen) atoms. The normalized spacial score (nSPS) is 11.2. The molecule has 7 nitrogen and oxygen atoms in total. The van der Waals surface area contributed by atoms with Gasteiger partial charge in [-0.15, -0.1) is 12.4 Å². The van der Waals surface area contributed by atoms with Gasteiger partial charge in [-0.2, -0.15) is 0 Å². The molecule has 0 saturated carbocycles. The van der Waals surface area contributed by atoms with Crippen molar-refractivity contribution in [3.8, 4) is 0 Å². The highest BCUT2D eigenvalue weighted by Gasteiger charge is 2.20. The van der Waals surface area contributed by atoms with E-state index in [-0.39, 0.29) is 48.7 Å². The first-order valence-electron chi connectivity index (χ1n) is 7.36. The maximum atomic E-state index is 12.9. The summed E-state index contributed by atoms with van der Waals surface area (Å²) in [6, 6.07) is 5.47. The number of nitrogens with zero attached hydrogens (tertiary/aromatic N) is 2. The van der Waals surface area contributed by atoms with E-state index in [0.717, 1.165) is 5.56 Å². The first-order valence-corrected chi connectivity index (χ1v) is 7.36. The van der Waals surface area contributed by atoms with E-state index >= 15 is 0 Å². The minimum atomic E-state index is -0.544. The van der Waals surface area contributed by atoms with Crippen LogP contribution in [0.5, 0.6) is 0 Å². The lowest BCUT2D eigenvalue weighted by atomic mass is 10.2. The van der Waals surface area contributed by atoms with Gasteiger partial charge >= 0.3 is 0 Å². The third-order valence-corrected chi connectivity index (χ3v) is 3.23. The SMILES string of the molecule is C[C@@H](CN)NC(=O)c1nccnc1C(=O)NCc1ccc(F)cc1.Cl. The molecule has 0 aliphatic rings. The van der Waals surface area contributed by atoms with Crippen LogP contribution in [-0.2, 0) is 6.54 Å². The molecule has 4 N–H and O–H groups in total. The lowest BCUT2D eigenvalue weighted by molar-refractivity contribution is 0.0903. The van der Waals surface area contributed by atoms with Gasteiger partial charge in [-0.1, -0.05) is 12.1 Å². The fraction of sp³-hybridized carbons (Fsp3) is 0.250. The van der Waals surface area contributed by atoms with Crippen LogP contribution < -0.4 is 16.4 Å². The molecule has 1 atom stereocenters. The molecule has 2 rings (SSSR count). The zero-order valence-corrected chi connectivity index (χ0v) is 14.3. The molecule has 0 unspecified atom stereocenters. The molecule has 9 heteroatoms. The van der Waals surface area contributed by atoms with E-state index in [4.69, 9.17) is 5.73 Å². The topological polar surface area (TPSA) is 110 Å². The summed E-state index contributed by atoms with van der Waals surface area (Å²) in [5, 5.41) is 5.26. The van der Waals surface area contributed by atoms with Crippen LogP contribution in [-0.4, -0.2) is 34.4 Å². The van der Waals surface area contributed by atoms with E-state index in [1.165, 1.54) is 24.5 Å². The average Bonchev–Trinajstić information content (AvgIpc) is 2.60. The van der Waals surface area contributed by atoms with Crippen molar-refractivity contribution in [1.29, 1.82) is 0 Å². The van der Waals surface area contributed by atoms with Gasteiger partial charge in [0.2, 0.25) is 0 Å². The molecular formula is C16H19ClFN5O2. The number of hydrogen-bond acceptors (Lipinski definition) is 5. The number of aromatic nitrogens is 2. The number of benzene rings is 1. The molecule has 0 aliphatic heterocycles. The summed E-state index contributed by atoms with van der Waals surface area (Å²) < 4.78 is 12.9. The monoisotopic (exact) mass is 367 g/mol. The van der Waals surface area contributed by atoms with Gasteiger partial charge in [0.05, 0.1) is 0 Å². The molecular weight excluding hydrogens is 349 g/mol. The lowest BCUT2D eigenvalue weighted by Gasteiger charge is -2.12. The maximum Gasteiger partial charge on any atom is 0.272 e. The quantitative estimate of drug-likeness (QED) is 0.706. The predicted octanol–water partition coefficient (Wildman–Crippen LogP) is 1.04. The van der Waals surface area contributed by atoms with Gasteiger partial charge < -0.3 is 16.4 Å². The predicted molar refractivity (Wildman–Crippen MR) is 92.8 cm³/mol. The van der Waals surface area contributed by atoms with Crippen LogP contribution in [0.25, 0.3) is 0 Å². The van der Waals surface area contributed by atoms with E-state index in [1.807, 2.05) is 0 Å². The fourth-order valence-electron chi connectivity index (χ4n) is 1.89. The number of halogens is 2. The minimum absolute atomic E-state index is 0. The fourth-order valence-corrected chi connectivity index (χ4v) is 1.89. The number of hydrogen-bond donors (Lipinski definition) is 3. The molecule has 1 aromatic carbocycles. The second-order valence-electron chi connectivity index (χ2n) is 5.17. The Kier molecular flexibility index (Phi) is 7.90. The summed E-state index contributed by atoms with van der Waals surface area (Å²) in [5.41, 5.74) is 6.02. The molecule has 0 radical (unpaired) electrons. The molecule has 1 aromatic heterocycles. The second-order valence-corrected chi connectivity index (χ2v) is 5.17. The average molecular weight is 368 g/mol. The zero-order valence-electron chi connectivity index (χ0n) is 13.5. The van der Waals surface area contributed by atoms with Gasteiger partial charge in [0.1, 0.15) is 5.82 Å². The van der Waals surface area contributed by atoms with Crippen LogP contribution in [0.4, 0.5) is 4.39 Å². The Balaban J connectivity index is 0.00000312. The number of carbonyl (C=O) groups is 2. The number of carbonyl (C=O) groups excluding carboxylic acids is 2. The zero-order chi connectivity index (χ0) is 17.5. The Labute approximate surface area is 150 Å². The van der Waals surface area contributed by atoms with Crippen molar-refractivity contribution >= 4 is 24.2 Å². The third-order valence-electron chi connectivity index (χ3n) is 3.23. The molecule has 1 heterocycles. The number of nitrogens with two attached hydrogens (primary N) is 1. The third kappa shape index (κ3) is 5.77. The van der Waals surface area contributed by atoms with Crippen LogP contribution in [0.1, 0.15) is 33.5 Å². The first kappa shape index (κ1) is 20.5. The summed E-state index contributed by atoms with van der Waals surface area (Å²) in [5.74, 6) is -1.42. The largest absolute Gasteiger partial charge is 0.347 e. The highest BCUT2D eigenvalue weighted by molar-refractivity contribution is 6.04. The van der Waals surface area contributed by atoms with E-state index in [9.17, 15) is 14.0 Å². The maximum absolute atomic E-state index is 12.9. The Bertz CT molecular complexity index is 727. The molecule has 2 aromatic rings. The number of rotatable bonds is 6. The van der Waals surface area contributed by atoms with Crippen LogP contribution in [0.15, 0.2) is 36.7 Å². The van der Waals surface area contributed by atoms with Gasteiger partial charge in [0.25, 0.3) is 11.8 Å². The second kappa shape index (κ2) is 9.65. The lowest BCUT2D eigenvalue weighted by Crippen LogP contribution is -2.39. The Morgan fingerprint density at radius 3 is 2.24 bits per heavy atom. The molecule has 0 bridgehead atoms. The standard InChI is InChI=1S/C16H18FN5O2.ClH/c1-10(8-18)22-16(24)14-13(19-6-7-20-14)15(23)21-9-11-2-4-12(17)5-3-11;/h2-7,10H,8-9,18H2,1H3,(H,21,23)(H,22,24);1H/t10-;/m0./s1. The van der Waals surface area contributed by atoms with Crippen LogP contribution >= 0.6 is 12.4 Å². The van der Waals surface area contributed by atoms with E-state index < -0.39 is 11.8 Å². The van der Waals surface area contributed by atoms with Gasteiger partial charge in [0.15, 0.2) is 11.4 Å². The van der Waals surface area contributed by atoms with E-state index in [2.05, 4.69) is 20.6 Å². The number of nitrogens with one attached hydrogen (secondary N) is 2. The van der Waals surface area contributed by atoms with Gasteiger partial charge in [-0.3, -0.25) is 9.59 Å². The molecule has 134 valence electrons. The minimum Gasteiger partial charge on any atom is -0.347 e. The molecule has 0 spiro atoms. The smallest absolute Gasteiger partial charge is 0.272 e. The Hall–Kier alpha value is -2.58. The van der Waals surface area contributed by atoms with Crippen LogP contribution in [0, 0.1) is 5.82 Å². The first-order chi connectivity index (χ1) is 11.5. The molecule has 2 amide bonds. The van der Waals surface area contributed by atoms with Crippen molar-refractivity contribution in [2.45, 2.75) is 19.5 Å². The summed E-state index contributed by atoms with van der Waals surface area (Å²) in [4.78, 5) is 32.3. The van der Waals surface area contributed by atoms with Crippen molar-refractivity contribution in [2.75, 3.05) is 6.54 Å². The van der Waals surface area contributed by atoms with E-state index in [0.29, 0.717) is 0 Å². The summed E-state index contributed by atoms with van der Waals surface area (Å²) in [6.07, 6.45) is 2.66.